The lowest BCUT2D eigenvalue weighted by molar-refractivity contribution is -0.384. The summed E-state index contributed by atoms with van der Waals surface area (Å²) in [6, 6.07) is 18.9. The summed E-state index contributed by atoms with van der Waals surface area (Å²) in [6.07, 6.45) is 1.60. The number of aromatic nitrogens is 2. The van der Waals surface area contributed by atoms with Gasteiger partial charge in [0.25, 0.3) is 11.2 Å². The topological polar surface area (TPSA) is 99.6 Å². The van der Waals surface area contributed by atoms with Crippen molar-refractivity contribution in [3.63, 3.8) is 0 Å². The van der Waals surface area contributed by atoms with E-state index in [1.807, 2.05) is 38.1 Å². The zero-order valence-electron chi connectivity index (χ0n) is 18.5. The number of nitro benzene ring substituents is 1. The van der Waals surface area contributed by atoms with Gasteiger partial charge < -0.3 is 4.74 Å². The number of rotatable bonds is 7. The Bertz CT molecular complexity index is 1450. The third-order valence-electron chi connectivity index (χ3n) is 5.08. The van der Waals surface area contributed by atoms with Crippen LogP contribution < -0.4 is 10.3 Å². The first-order valence-corrected chi connectivity index (χ1v) is 11.3. The van der Waals surface area contributed by atoms with E-state index < -0.39 is 4.92 Å². The smallest absolute Gasteiger partial charge is 0.282 e. The van der Waals surface area contributed by atoms with Crippen LogP contribution in [0, 0.1) is 10.1 Å². The molecule has 0 atom stereocenters. The van der Waals surface area contributed by atoms with E-state index in [2.05, 4.69) is 26.0 Å². The van der Waals surface area contributed by atoms with E-state index in [1.165, 1.54) is 16.8 Å². The molecule has 0 fully saturated rings. The van der Waals surface area contributed by atoms with Crippen LogP contribution in [0.3, 0.4) is 0 Å². The molecule has 1 aromatic heterocycles. The molecule has 0 N–H and O–H groups in total. The van der Waals surface area contributed by atoms with E-state index >= 15 is 0 Å². The standard InChI is InChI=1S/C25H21BrN4O4/c1-16(2)24-28-23-11-8-19(26)13-22(23)25(31)29(24)27-14-17-6-9-21(10-7-17)34-15-18-4-3-5-20(12-18)30(32)33/h3-14,16H,15H2,1-2H3. The third kappa shape index (κ3) is 5.20. The molecule has 0 bridgehead atoms. The van der Waals surface area contributed by atoms with Gasteiger partial charge in [-0.15, -0.1) is 0 Å². The Kier molecular flexibility index (Phi) is 6.83. The molecule has 172 valence electrons. The van der Waals surface area contributed by atoms with E-state index in [-0.39, 0.29) is 23.8 Å². The minimum absolute atomic E-state index is 0.00230. The van der Waals surface area contributed by atoms with Crippen molar-refractivity contribution in [1.82, 2.24) is 9.66 Å². The number of benzene rings is 3. The van der Waals surface area contributed by atoms with Gasteiger partial charge in [0, 0.05) is 22.5 Å². The molecule has 8 nitrogen and oxygen atoms in total. The van der Waals surface area contributed by atoms with E-state index in [4.69, 9.17) is 4.74 Å². The normalized spacial score (nSPS) is 11.4. The summed E-state index contributed by atoms with van der Waals surface area (Å²) in [5.74, 6) is 1.19. The summed E-state index contributed by atoms with van der Waals surface area (Å²) in [6.45, 7) is 4.14. The van der Waals surface area contributed by atoms with Gasteiger partial charge in [-0.05, 0) is 53.6 Å². The van der Waals surface area contributed by atoms with Crippen molar-refractivity contribution in [3.05, 3.63) is 109 Å². The molecule has 0 radical (unpaired) electrons. The Balaban J connectivity index is 1.54. The van der Waals surface area contributed by atoms with Gasteiger partial charge in [-0.3, -0.25) is 14.9 Å². The highest BCUT2D eigenvalue weighted by molar-refractivity contribution is 9.10. The van der Waals surface area contributed by atoms with Crippen LogP contribution in [0.5, 0.6) is 5.75 Å². The SMILES string of the molecule is CC(C)c1nc2ccc(Br)cc2c(=O)n1N=Cc1ccc(OCc2cccc([N+](=O)[O-])c2)cc1. The average molecular weight is 521 g/mol. The number of nitro groups is 1. The molecule has 4 aromatic rings. The van der Waals surface area contributed by atoms with Crippen LogP contribution >= 0.6 is 15.9 Å². The molecule has 0 unspecified atom stereocenters. The number of hydrogen-bond acceptors (Lipinski definition) is 6. The highest BCUT2D eigenvalue weighted by atomic mass is 79.9. The first-order valence-electron chi connectivity index (χ1n) is 10.5. The number of nitrogens with zero attached hydrogens (tertiary/aromatic N) is 4. The fraction of sp³-hybridized carbons (Fsp3) is 0.160. The average Bonchev–Trinajstić information content (AvgIpc) is 2.83. The molecule has 1 heterocycles. The fourth-order valence-electron chi connectivity index (χ4n) is 3.35. The summed E-state index contributed by atoms with van der Waals surface area (Å²) in [4.78, 5) is 28.2. The van der Waals surface area contributed by atoms with Crippen LogP contribution in [-0.4, -0.2) is 20.8 Å². The van der Waals surface area contributed by atoms with Gasteiger partial charge in [0.05, 0.1) is 22.0 Å². The van der Waals surface area contributed by atoms with Crippen LogP contribution in [0.25, 0.3) is 10.9 Å². The lowest BCUT2D eigenvalue weighted by atomic mass is 10.2. The summed E-state index contributed by atoms with van der Waals surface area (Å²) in [5, 5.41) is 15.8. The van der Waals surface area contributed by atoms with Crippen LogP contribution in [0.4, 0.5) is 5.69 Å². The van der Waals surface area contributed by atoms with Gasteiger partial charge in [-0.1, -0.05) is 41.9 Å². The molecule has 0 aliphatic heterocycles. The monoisotopic (exact) mass is 520 g/mol. The number of halogens is 1. The first kappa shape index (κ1) is 23.3. The highest BCUT2D eigenvalue weighted by Crippen LogP contribution is 2.20. The van der Waals surface area contributed by atoms with E-state index in [9.17, 15) is 14.9 Å². The van der Waals surface area contributed by atoms with Gasteiger partial charge in [0.2, 0.25) is 0 Å². The quantitative estimate of drug-likeness (QED) is 0.178. The van der Waals surface area contributed by atoms with Gasteiger partial charge in [-0.2, -0.15) is 9.78 Å². The van der Waals surface area contributed by atoms with E-state index in [1.54, 1.807) is 36.5 Å². The van der Waals surface area contributed by atoms with Crippen LogP contribution in [0.1, 0.15) is 36.7 Å². The zero-order chi connectivity index (χ0) is 24.2. The van der Waals surface area contributed by atoms with Crippen LogP contribution in [0.15, 0.2) is 81.1 Å². The van der Waals surface area contributed by atoms with Crippen LogP contribution in [0.2, 0.25) is 0 Å². The predicted molar refractivity (Wildman–Crippen MR) is 135 cm³/mol. The Morgan fingerprint density at radius 2 is 1.91 bits per heavy atom. The minimum atomic E-state index is -0.433. The molecule has 0 saturated carbocycles. The molecule has 0 amide bonds. The summed E-state index contributed by atoms with van der Waals surface area (Å²) < 4.78 is 7.87. The third-order valence-corrected chi connectivity index (χ3v) is 5.57. The summed E-state index contributed by atoms with van der Waals surface area (Å²) in [5.41, 5.74) is 1.91. The van der Waals surface area contributed by atoms with Crippen molar-refractivity contribution in [2.24, 2.45) is 5.10 Å². The second-order valence-electron chi connectivity index (χ2n) is 7.93. The Labute approximate surface area is 203 Å². The number of hydrogen-bond donors (Lipinski definition) is 0. The van der Waals surface area contributed by atoms with Crippen molar-refractivity contribution in [1.29, 1.82) is 0 Å². The fourth-order valence-corrected chi connectivity index (χ4v) is 3.71. The molecule has 34 heavy (non-hydrogen) atoms. The Morgan fingerprint density at radius 3 is 2.62 bits per heavy atom. The second-order valence-corrected chi connectivity index (χ2v) is 8.85. The van der Waals surface area contributed by atoms with Gasteiger partial charge in [0.1, 0.15) is 18.2 Å². The Morgan fingerprint density at radius 1 is 1.15 bits per heavy atom. The number of non-ortho nitro benzene ring substituents is 1. The van der Waals surface area contributed by atoms with Crippen molar-refractivity contribution < 1.29 is 9.66 Å². The van der Waals surface area contributed by atoms with Crippen molar-refractivity contribution in [2.45, 2.75) is 26.4 Å². The van der Waals surface area contributed by atoms with E-state index in [0.29, 0.717) is 28.0 Å². The molecule has 4 rings (SSSR count). The molecular weight excluding hydrogens is 500 g/mol. The summed E-state index contributed by atoms with van der Waals surface area (Å²) >= 11 is 3.40. The molecule has 3 aromatic carbocycles. The highest BCUT2D eigenvalue weighted by Gasteiger charge is 2.13. The second kappa shape index (κ2) is 9.96. The van der Waals surface area contributed by atoms with Crippen LogP contribution in [-0.2, 0) is 6.61 Å². The zero-order valence-corrected chi connectivity index (χ0v) is 20.1. The Hall–Kier alpha value is -3.85. The molecular formula is C25H21BrN4O4. The lowest BCUT2D eigenvalue weighted by Gasteiger charge is -2.12. The van der Waals surface area contributed by atoms with Gasteiger partial charge in [-0.25, -0.2) is 4.98 Å². The molecule has 0 spiro atoms. The summed E-state index contributed by atoms with van der Waals surface area (Å²) in [7, 11) is 0. The molecule has 0 aliphatic carbocycles. The first-order chi connectivity index (χ1) is 16.3. The van der Waals surface area contributed by atoms with Crippen molar-refractivity contribution in [3.8, 4) is 5.75 Å². The van der Waals surface area contributed by atoms with Crippen molar-refractivity contribution in [2.75, 3.05) is 0 Å². The van der Waals surface area contributed by atoms with Gasteiger partial charge >= 0.3 is 0 Å². The largest absolute Gasteiger partial charge is 0.489 e. The maximum Gasteiger partial charge on any atom is 0.282 e. The maximum absolute atomic E-state index is 13.1. The molecule has 9 heteroatoms. The number of fused-ring (bicyclic) bond motifs is 1. The van der Waals surface area contributed by atoms with Gasteiger partial charge in [0.15, 0.2) is 0 Å². The lowest BCUT2D eigenvalue weighted by Crippen LogP contribution is -2.23. The molecule has 0 saturated heterocycles. The maximum atomic E-state index is 13.1. The predicted octanol–water partition coefficient (Wildman–Crippen LogP) is 5.65. The number of ether oxygens (including phenoxy) is 1. The molecule has 0 aliphatic rings. The minimum Gasteiger partial charge on any atom is -0.489 e. The van der Waals surface area contributed by atoms with E-state index in [0.717, 1.165) is 10.0 Å². The van der Waals surface area contributed by atoms with Crippen molar-refractivity contribution >= 4 is 38.7 Å².